The average Bonchev–Trinajstić information content (AvgIpc) is 2.36. The largest absolute Gasteiger partial charge is 0.343 e. The van der Waals surface area contributed by atoms with Gasteiger partial charge in [-0.15, -0.1) is 0 Å². The van der Waals surface area contributed by atoms with Crippen molar-refractivity contribution in [3.05, 3.63) is 31.2 Å². The van der Waals surface area contributed by atoms with Gasteiger partial charge in [-0.2, -0.15) is 6.42 Å². The Morgan fingerprint density at radius 1 is 1.33 bits per heavy atom. The number of nitrogens with zero attached hydrogens (tertiary/aromatic N) is 1. The van der Waals surface area contributed by atoms with Crippen molar-refractivity contribution in [3.63, 3.8) is 0 Å². The summed E-state index contributed by atoms with van der Waals surface area (Å²) >= 11 is 0. The SMILES string of the molecule is CC.[CH2-]CC/C=C\CN1C(=O)CC1C=CCC.[Y]. The van der Waals surface area contributed by atoms with Crippen molar-refractivity contribution >= 4 is 5.91 Å². The maximum absolute atomic E-state index is 11.3. The second kappa shape index (κ2) is 13.5. The summed E-state index contributed by atoms with van der Waals surface area (Å²) in [5, 5.41) is 0. The maximum Gasteiger partial charge on any atom is 0.225 e. The third kappa shape index (κ3) is 7.48. The van der Waals surface area contributed by atoms with Crippen molar-refractivity contribution in [1.82, 2.24) is 4.90 Å². The zero-order chi connectivity index (χ0) is 13.1. The first-order valence-electron chi connectivity index (χ1n) is 6.70. The molecule has 0 aromatic rings. The van der Waals surface area contributed by atoms with E-state index in [2.05, 4.69) is 38.2 Å². The molecule has 1 heterocycles. The van der Waals surface area contributed by atoms with Crippen molar-refractivity contribution in [2.24, 2.45) is 0 Å². The van der Waals surface area contributed by atoms with Crippen LogP contribution in [0, 0.1) is 6.92 Å². The molecule has 0 spiro atoms. The van der Waals surface area contributed by atoms with Gasteiger partial charge in [-0.25, -0.2) is 0 Å². The molecule has 18 heavy (non-hydrogen) atoms. The molecular formula is C15H26NOY-. The molecule has 1 fully saturated rings. The van der Waals surface area contributed by atoms with E-state index in [4.69, 9.17) is 0 Å². The number of hydrogen-bond donors (Lipinski definition) is 0. The van der Waals surface area contributed by atoms with Crippen LogP contribution in [0.1, 0.15) is 46.5 Å². The van der Waals surface area contributed by atoms with Crippen LogP contribution in [0.2, 0.25) is 0 Å². The van der Waals surface area contributed by atoms with Gasteiger partial charge >= 0.3 is 0 Å². The van der Waals surface area contributed by atoms with Crippen molar-refractivity contribution in [2.45, 2.75) is 52.5 Å². The van der Waals surface area contributed by atoms with E-state index in [0.717, 1.165) is 25.8 Å². The predicted molar refractivity (Wildman–Crippen MR) is 74.6 cm³/mol. The molecule has 0 aromatic heterocycles. The normalized spacial score (nSPS) is 18.3. The average molecular weight is 325 g/mol. The summed E-state index contributed by atoms with van der Waals surface area (Å²) in [5.41, 5.74) is 0. The van der Waals surface area contributed by atoms with E-state index in [1.807, 2.05) is 18.7 Å². The van der Waals surface area contributed by atoms with E-state index in [1.165, 1.54) is 0 Å². The second-order valence-electron chi connectivity index (χ2n) is 3.77. The Hall–Kier alpha value is 0.0539. The Kier molecular flexibility index (Phi) is 15.3. The summed E-state index contributed by atoms with van der Waals surface area (Å²) in [5.74, 6) is 0.264. The van der Waals surface area contributed by atoms with Crippen LogP contribution in [-0.4, -0.2) is 23.4 Å². The number of carbonyl (C=O) groups is 1. The maximum atomic E-state index is 11.3. The number of β-lactam (4-membered cyclic amide) rings is 1. The molecule has 2 nitrogen and oxygen atoms in total. The predicted octanol–water partition coefficient (Wildman–Crippen LogP) is 3.75. The molecule has 0 N–H and O–H groups in total. The van der Waals surface area contributed by atoms with Gasteiger partial charge in [-0.1, -0.05) is 51.5 Å². The third-order valence-electron chi connectivity index (χ3n) is 2.54. The van der Waals surface area contributed by atoms with Crippen molar-refractivity contribution in [1.29, 1.82) is 0 Å². The summed E-state index contributed by atoms with van der Waals surface area (Å²) in [4.78, 5) is 13.2. The minimum Gasteiger partial charge on any atom is -0.343 e. The fourth-order valence-electron chi connectivity index (χ4n) is 1.60. The van der Waals surface area contributed by atoms with E-state index >= 15 is 0 Å². The van der Waals surface area contributed by atoms with E-state index in [0.29, 0.717) is 12.5 Å². The van der Waals surface area contributed by atoms with E-state index < -0.39 is 0 Å². The summed E-state index contributed by atoms with van der Waals surface area (Å²) in [6, 6.07) is 0.335. The number of allylic oxidation sites excluding steroid dienone is 2. The van der Waals surface area contributed by atoms with E-state index in [-0.39, 0.29) is 38.6 Å². The molecule has 1 radical (unpaired) electrons. The van der Waals surface area contributed by atoms with E-state index in [1.54, 1.807) is 0 Å². The number of amides is 1. The first-order valence-corrected chi connectivity index (χ1v) is 6.70. The number of carbonyl (C=O) groups excluding carboxylic acids is 1. The Balaban J connectivity index is 0. The van der Waals surface area contributed by atoms with Gasteiger partial charge < -0.3 is 11.8 Å². The van der Waals surface area contributed by atoms with Crippen LogP contribution in [0.5, 0.6) is 0 Å². The standard InChI is InChI=1S/C13H20NO.C2H6.Y/c1-3-5-7-8-10-14-12(9-6-4-2)11-13(14)15;1-2;/h6-9,12H,1,3-5,10-11H2,2H3;1-2H3;/q-1;;/b8-7-,9-6?;;. The van der Waals surface area contributed by atoms with Crippen LogP contribution in [0.3, 0.4) is 0 Å². The Morgan fingerprint density at radius 3 is 2.50 bits per heavy atom. The minimum absolute atomic E-state index is 0. The Morgan fingerprint density at radius 2 is 2.00 bits per heavy atom. The van der Waals surface area contributed by atoms with Crippen molar-refractivity contribution in [3.8, 4) is 0 Å². The number of likely N-dealkylation sites (tertiary alicyclic amines) is 1. The van der Waals surface area contributed by atoms with Crippen LogP contribution >= 0.6 is 0 Å². The van der Waals surface area contributed by atoms with Gasteiger partial charge in [0.05, 0.1) is 12.5 Å². The molecule has 0 saturated carbocycles. The molecule has 1 amide bonds. The number of rotatable bonds is 6. The summed E-state index contributed by atoms with van der Waals surface area (Å²) in [6.07, 6.45) is 12.1. The Bertz CT molecular complexity index is 261. The first-order chi connectivity index (χ1) is 8.29. The molecule has 1 unspecified atom stereocenters. The molecule has 101 valence electrons. The van der Waals surface area contributed by atoms with Crippen LogP contribution in [0.15, 0.2) is 24.3 Å². The molecule has 1 rings (SSSR count). The van der Waals surface area contributed by atoms with Gasteiger partial charge in [0.2, 0.25) is 5.91 Å². The zero-order valence-corrected chi connectivity index (χ0v) is 14.9. The van der Waals surface area contributed by atoms with Crippen LogP contribution in [-0.2, 0) is 37.5 Å². The Labute approximate surface area is 138 Å². The molecule has 1 saturated heterocycles. The topological polar surface area (TPSA) is 20.3 Å². The molecule has 0 aromatic carbocycles. The first kappa shape index (κ1) is 20.4. The van der Waals surface area contributed by atoms with Gasteiger partial charge in [0.1, 0.15) is 0 Å². The fourth-order valence-corrected chi connectivity index (χ4v) is 1.60. The van der Waals surface area contributed by atoms with Gasteiger partial charge in [-0.05, 0) is 6.42 Å². The quantitative estimate of drug-likeness (QED) is 0.414. The molecule has 3 heteroatoms. The molecule has 1 atom stereocenters. The summed E-state index contributed by atoms with van der Waals surface area (Å²) < 4.78 is 0. The smallest absolute Gasteiger partial charge is 0.225 e. The molecule has 0 bridgehead atoms. The van der Waals surface area contributed by atoms with Crippen LogP contribution in [0.4, 0.5) is 0 Å². The molecule has 1 aliphatic rings. The third-order valence-corrected chi connectivity index (χ3v) is 2.54. The molecule has 1 aliphatic heterocycles. The number of unbranched alkanes of at least 4 members (excludes halogenated alkanes) is 1. The second-order valence-corrected chi connectivity index (χ2v) is 3.77. The van der Waals surface area contributed by atoms with Gasteiger partial charge in [0, 0.05) is 39.3 Å². The molecular weight excluding hydrogens is 299 g/mol. The van der Waals surface area contributed by atoms with Crippen LogP contribution in [0.25, 0.3) is 0 Å². The zero-order valence-electron chi connectivity index (χ0n) is 12.1. The summed E-state index contributed by atoms with van der Waals surface area (Å²) in [7, 11) is 0. The molecule has 0 aliphatic carbocycles. The van der Waals surface area contributed by atoms with Gasteiger partial charge in [-0.3, -0.25) is 4.79 Å². The number of hydrogen-bond acceptors (Lipinski definition) is 1. The summed E-state index contributed by atoms with van der Waals surface area (Å²) in [6.45, 7) is 10.6. The fraction of sp³-hybridized carbons (Fsp3) is 0.600. The minimum atomic E-state index is 0. The van der Waals surface area contributed by atoms with E-state index in [9.17, 15) is 4.79 Å². The monoisotopic (exact) mass is 325 g/mol. The van der Waals surface area contributed by atoms with Crippen molar-refractivity contribution in [2.75, 3.05) is 6.54 Å². The van der Waals surface area contributed by atoms with Crippen LogP contribution < -0.4 is 0 Å². The van der Waals surface area contributed by atoms with Gasteiger partial charge in [0.15, 0.2) is 0 Å². The van der Waals surface area contributed by atoms with Gasteiger partial charge in [0.25, 0.3) is 0 Å². The van der Waals surface area contributed by atoms with Crippen molar-refractivity contribution < 1.29 is 37.5 Å².